The lowest BCUT2D eigenvalue weighted by Crippen LogP contribution is -2.18. The van der Waals surface area contributed by atoms with Gasteiger partial charge >= 0.3 is 0 Å². The number of halogens is 1. The van der Waals surface area contributed by atoms with Gasteiger partial charge in [0.15, 0.2) is 0 Å². The minimum absolute atomic E-state index is 0.281. The van der Waals surface area contributed by atoms with Crippen molar-refractivity contribution in [2.24, 2.45) is 0 Å². The topological polar surface area (TPSA) is 26.3 Å². The predicted molar refractivity (Wildman–Crippen MR) is 86.8 cm³/mol. The lowest BCUT2D eigenvalue weighted by atomic mass is 9.87. The highest BCUT2D eigenvalue weighted by Gasteiger charge is 2.23. The van der Waals surface area contributed by atoms with Gasteiger partial charge in [-0.05, 0) is 35.6 Å². The van der Waals surface area contributed by atoms with E-state index in [1.165, 1.54) is 5.56 Å². The minimum Gasteiger partial charge on any atom is -0.493 e. The van der Waals surface area contributed by atoms with Crippen LogP contribution >= 0.6 is 15.9 Å². The lowest BCUT2D eigenvalue weighted by molar-refractivity contribution is -0.118. The van der Waals surface area contributed by atoms with E-state index in [-0.39, 0.29) is 11.7 Å². The summed E-state index contributed by atoms with van der Waals surface area (Å²) in [5.74, 6) is 1.50. The van der Waals surface area contributed by atoms with Crippen LogP contribution in [0.1, 0.15) is 29.9 Å². The number of ether oxygens (including phenoxy) is 1. The van der Waals surface area contributed by atoms with Gasteiger partial charge in [0.25, 0.3) is 0 Å². The summed E-state index contributed by atoms with van der Waals surface area (Å²) in [5.41, 5.74) is 2.23. The summed E-state index contributed by atoms with van der Waals surface area (Å²) in [6.07, 6.45) is 1.99. The first-order valence-corrected chi connectivity index (χ1v) is 8.00. The van der Waals surface area contributed by atoms with E-state index < -0.39 is 0 Å². The molecule has 1 unspecified atom stereocenters. The second-order valence-electron chi connectivity index (χ2n) is 5.38. The molecular formula is C18H17BrO2. The van der Waals surface area contributed by atoms with Crippen LogP contribution in [0.5, 0.6) is 5.75 Å². The van der Waals surface area contributed by atoms with Crippen molar-refractivity contribution in [3.05, 3.63) is 64.1 Å². The number of benzene rings is 2. The molecule has 0 bridgehead atoms. The zero-order chi connectivity index (χ0) is 14.7. The van der Waals surface area contributed by atoms with Crippen LogP contribution in [0.15, 0.2) is 53.0 Å². The van der Waals surface area contributed by atoms with Gasteiger partial charge in [0.05, 0.1) is 6.61 Å². The lowest BCUT2D eigenvalue weighted by Gasteiger charge is -2.25. The summed E-state index contributed by atoms with van der Waals surface area (Å²) in [6, 6.07) is 16.0. The quantitative estimate of drug-likeness (QED) is 0.815. The van der Waals surface area contributed by atoms with Crippen molar-refractivity contribution in [1.29, 1.82) is 0 Å². The molecule has 2 nitrogen and oxygen atoms in total. The van der Waals surface area contributed by atoms with Gasteiger partial charge in [0, 0.05) is 17.3 Å². The van der Waals surface area contributed by atoms with E-state index in [0.29, 0.717) is 19.4 Å². The van der Waals surface area contributed by atoms with Crippen LogP contribution in [-0.2, 0) is 11.2 Å². The molecule has 108 valence electrons. The molecule has 2 aromatic rings. The highest BCUT2D eigenvalue weighted by Crippen LogP contribution is 2.35. The van der Waals surface area contributed by atoms with E-state index in [1.54, 1.807) is 0 Å². The van der Waals surface area contributed by atoms with Crippen molar-refractivity contribution < 1.29 is 9.53 Å². The molecule has 1 aliphatic rings. The number of carbonyl (C=O) groups excluding carboxylic acids is 1. The number of rotatable bonds is 4. The molecule has 0 saturated heterocycles. The number of hydrogen-bond donors (Lipinski definition) is 0. The molecule has 0 N–H and O–H groups in total. The fourth-order valence-corrected chi connectivity index (χ4v) is 3.25. The molecular weight excluding hydrogens is 328 g/mol. The van der Waals surface area contributed by atoms with Gasteiger partial charge in [-0.3, -0.25) is 4.79 Å². The van der Waals surface area contributed by atoms with Gasteiger partial charge in [-0.15, -0.1) is 0 Å². The van der Waals surface area contributed by atoms with Crippen LogP contribution in [0.2, 0.25) is 0 Å². The first-order valence-electron chi connectivity index (χ1n) is 7.21. The number of hydrogen-bond acceptors (Lipinski definition) is 2. The van der Waals surface area contributed by atoms with E-state index in [9.17, 15) is 4.79 Å². The van der Waals surface area contributed by atoms with Gasteiger partial charge in [-0.2, -0.15) is 0 Å². The Bertz CT molecular complexity index is 651. The predicted octanol–water partition coefficient (Wildman–Crippen LogP) is 4.52. The molecule has 0 saturated carbocycles. The monoisotopic (exact) mass is 344 g/mol. The Hall–Kier alpha value is -1.61. The number of fused-ring (bicyclic) bond motifs is 1. The van der Waals surface area contributed by atoms with Gasteiger partial charge in [-0.1, -0.05) is 52.3 Å². The van der Waals surface area contributed by atoms with Crippen molar-refractivity contribution >= 4 is 21.7 Å². The summed E-state index contributed by atoms with van der Waals surface area (Å²) >= 11 is 3.50. The molecule has 0 aromatic heterocycles. The Morgan fingerprint density at radius 2 is 1.90 bits per heavy atom. The fraction of sp³-hybridized carbons (Fsp3) is 0.278. The molecule has 1 aliphatic heterocycles. The number of para-hydroxylation sites is 1. The molecule has 3 rings (SSSR count). The second kappa shape index (κ2) is 6.44. The first-order chi connectivity index (χ1) is 10.2. The third-order valence-electron chi connectivity index (χ3n) is 3.90. The Labute approximate surface area is 133 Å². The van der Waals surface area contributed by atoms with Gasteiger partial charge in [-0.25, -0.2) is 0 Å². The Morgan fingerprint density at radius 3 is 2.76 bits per heavy atom. The van der Waals surface area contributed by atoms with Crippen molar-refractivity contribution in [2.75, 3.05) is 6.61 Å². The highest BCUT2D eigenvalue weighted by molar-refractivity contribution is 9.10. The van der Waals surface area contributed by atoms with E-state index in [2.05, 4.69) is 22.0 Å². The van der Waals surface area contributed by atoms with Crippen LogP contribution in [-0.4, -0.2) is 12.4 Å². The van der Waals surface area contributed by atoms with Crippen LogP contribution in [0.25, 0.3) is 0 Å². The maximum atomic E-state index is 12.4. The Kier molecular flexibility index (Phi) is 4.39. The molecule has 0 radical (unpaired) electrons. The molecule has 0 amide bonds. The van der Waals surface area contributed by atoms with Crippen molar-refractivity contribution in [3.8, 4) is 5.75 Å². The number of ketones is 1. The van der Waals surface area contributed by atoms with Crippen molar-refractivity contribution in [1.82, 2.24) is 0 Å². The Morgan fingerprint density at radius 1 is 1.14 bits per heavy atom. The van der Waals surface area contributed by atoms with E-state index in [4.69, 9.17) is 4.74 Å². The normalized spacial score (nSPS) is 16.9. The second-order valence-corrected chi connectivity index (χ2v) is 6.24. The van der Waals surface area contributed by atoms with E-state index >= 15 is 0 Å². The smallest absolute Gasteiger partial charge is 0.137 e. The molecule has 0 fully saturated rings. The third-order valence-corrected chi connectivity index (χ3v) is 4.68. The van der Waals surface area contributed by atoms with E-state index in [0.717, 1.165) is 22.2 Å². The zero-order valence-corrected chi connectivity index (χ0v) is 13.3. The van der Waals surface area contributed by atoms with Gasteiger partial charge < -0.3 is 4.74 Å². The van der Waals surface area contributed by atoms with Crippen LogP contribution < -0.4 is 4.74 Å². The Balaban J connectivity index is 1.70. The van der Waals surface area contributed by atoms with Crippen LogP contribution in [0, 0.1) is 0 Å². The zero-order valence-electron chi connectivity index (χ0n) is 11.7. The SMILES string of the molecule is O=C(Cc1ccccc1Br)CC1CCOc2ccccc21. The maximum absolute atomic E-state index is 12.4. The molecule has 21 heavy (non-hydrogen) atoms. The molecule has 2 aromatic carbocycles. The van der Waals surface area contributed by atoms with Crippen molar-refractivity contribution in [2.45, 2.75) is 25.2 Å². The molecule has 3 heteroatoms. The average Bonchev–Trinajstić information content (AvgIpc) is 2.50. The summed E-state index contributed by atoms with van der Waals surface area (Å²) in [6.45, 7) is 0.698. The summed E-state index contributed by atoms with van der Waals surface area (Å²) in [5, 5.41) is 0. The summed E-state index contributed by atoms with van der Waals surface area (Å²) in [7, 11) is 0. The largest absolute Gasteiger partial charge is 0.493 e. The van der Waals surface area contributed by atoms with Crippen molar-refractivity contribution in [3.63, 3.8) is 0 Å². The number of carbonyl (C=O) groups is 1. The summed E-state index contributed by atoms with van der Waals surface area (Å²) in [4.78, 5) is 12.4. The molecule has 0 spiro atoms. The van der Waals surface area contributed by atoms with Crippen LogP contribution in [0.3, 0.4) is 0 Å². The highest BCUT2D eigenvalue weighted by atomic mass is 79.9. The molecule has 1 atom stereocenters. The van der Waals surface area contributed by atoms with E-state index in [1.807, 2.05) is 42.5 Å². The fourth-order valence-electron chi connectivity index (χ4n) is 2.83. The van der Waals surface area contributed by atoms with Gasteiger partial charge in [0.1, 0.15) is 11.5 Å². The standard InChI is InChI=1S/C18H17BrO2/c19-17-7-3-1-5-14(17)12-15(20)11-13-9-10-21-18-8-4-2-6-16(13)18/h1-8,13H,9-12H2. The molecule has 0 aliphatic carbocycles. The van der Waals surface area contributed by atoms with Crippen LogP contribution in [0.4, 0.5) is 0 Å². The average molecular weight is 345 g/mol. The number of Topliss-reactive ketones (excluding diaryl/α,β-unsaturated/α-hetero) is 1. The minimum atomic E-state index is 0.281. The first kappa shape index (κ1) is 14.3. The van der Waals surface area contributed by atoms with Gasteiger partial charge in [0.2, 0.25) is 0 Å². The third kappa shape index (κ3) is 3.35. The molecule has 1 heterocycles. The maximum Gasteiger partial charge on any atom is 0.137 e. The summed E-state index contributed by atoms with van der Waals surface area (Å²) < 4.78 is 6.66.